The van der Waals surface area contributed by atoms with Crippen molar-refractivity contribution in [1.29, 1.82) is 5.26 Å². The number of nitrogens with one attached hydrogen (secondary N) is 2. The lowest BCUT2D eigenvalue weighted by Gasteiger charge is -2.35. The summed E-state index contributed by atoms with van der Waals surface area (Å²) < 4.78 is 5.62. The molecule has 1 aromatic heterocycles. The van der Waals surface area contributed by atoms with Gasteiger partial charge in [0.05, 0.1) is 35.7 Å². The monoisotopic (exact) mass is 500 g/mol. The Bertz CT molecular complexity index is 1350. The molecule has 4 rings (SSSR count). The maximum Gasteiger partial charge on any atom is 0.272 e. The van der Waals surface area contributed by atoms with Crippen molar-refractivity contribution in [2.75, 3.05) is 38.3 Å². The number of hydrogen-bond donors (Lipinski definition) is 3. The lowest BCUT2D eigenvalue weighted by Crippen LogP contribution is -2.47. The maximum atomic E-state index is 13.1. The van der Waals surface area contributed by atoms with E-state index in [4.69, 9.17) is 10.5 Å². The minimum atomic E-state index is -0.545. The number of rotatable bonds is 7. The molecule has 8 nitrogen and oxygen atoms in total. The zero-order chi connectivity index (χ0) is 26.7. The van der Waals surface area contributed by atoms with Gasteiger partial charge in [0.25, 0.3) is 5.91 Å². The zero-order valence-corrected chi connectivity index (χ0v) is 22.3. The Morgan fingerprint density at radius 1 is 1.27 bits per heavy atom. The number of aromatic nitrogens is 1. The standard InChI is InChI=1S/C29H36N6O2/c1-18-14-21(12-13-35(18)4)33-28(36)27-23(31)9-10-24(34-27)20-7-6-19-8-11-25(37-5)26(22(19)15-20)32-17-29(2,3)16-30/h6-11,15,18,21,32H,12-14,17,31H2,1-5H3,(H,33,36)/t18-,21+/m0/s1. The van der Waals surface area contributed by atoms with Crippen LogP contribution in [0.1, 0.15) is 44.1 Å². The molecule has 37 heavy (non-hydrogen) atoms. The van der Waals surface area contributed by atoms with Gasteiger partial charge in [-0.15, -0.1) is 0 Å². The Morgan fingerprint density at radius 2 is 2.03 bits per heavy atom. The topological polar surface area (TPSA) is 116 Å². The number of methoxy groups -OCH3 is 1. The summed E-state index contributed by atoms with van der Waals surface area (Å²) in [6, 6.07) is 16.3. The molecule has 2 aromatic carbocycles. The second-order valence-electron chi connectivity index (χ2n) is 10.6. The van der Waals surface area contributed by atoms with Gasteiger partial charge in [0.15, 0.2) is 5.69 Å². The minimum Gasteiger partial charge on any atom is -0.495 e. The number of pyridine rings is 1. The predicted molar refractivity (Wildman–Crippen MR) is 149 cm³/mol. The summed E-state index contributed by atoms with van der Waals surface area (Å²) in [4.78, 5) is 20.1. The maximum absolute atomic E-state index is 13.1. The molecule has 2 heterocycles. The number of nitriles is 1. The molecule has 1 saturated heterocycles. The number of nitrogens with zero attached hydrogens (tertiary/aromatic N) is 3. The van der Waals surface area contributed by atoms with Crippen LogP contribution in [0.2, 0.25) is 0 Å². The Labute approximate surface area is 218 Å². The van der Waals surface area contributed by atoms with Crippen molar-refractivity contribution >= 4 is 28.1 Å². The first-order chi connectivity index (χ1) is 17.6. The quantitative estimate of drug-likeness (QED) is 0.432. The van der Waals surface area contributed by atoms with Gasteiger partial charge in [0.2, 0.25) is 0 Å². The molecule has 1 fully saturated rings. The van der Waals surface area contributed by atoms with E-state index in [-0.39, 0.29) is 17.6 Å². The number of carbonyl (C=O) groups is 1. The molecule has 0 radical (unpaired) electrons. The molecule has 1 amide bonds. The van der Waals surface area contributed by atoms with Crippen LogP contribution in [-0.2, 0) is 0 Å². The number of hydrogen-bond acceptors (Lipinski definition) is 7. The van der Waals surface area contributed by atoms with Crippen LogP contribution in [0.3, 0.4) is 0 Å². The van der Waals surface area contributed by atoms with E-state index in [0.29, 0.717) is 29.7 Å². The van der Waals surface area contributed by atoms with E-state index in [9.17, 15) is 10.1 Å². The summed E-state index contributed by atoms with van der Waals surface area (Å²) in [7, 11) is 3.74. The number of fused-ring (bicyclic) bond motifs is 1. The molecule has 1 aliphatic heterocycles. The second-order valence-corrected chi connectivity index (χ2v) is 10.6. The van der Waals surface area contributed by atoms with Crippen LogP contribution < -0.4 is 21.1 Å². The summed E-state index contributed by atoms with van der Waals surface area (Å²) in [6.07, 6.45) is 1.80. The molecule has 3 aromatic rings. The molecule has 4 N–H and O–H groups in total. The molecule has 194 valence electrons. The highest BCUT2D eigenvalue weighted by molar-refractivity contribution is 6.00. The van der Waals surface area contributed by atoms with Gasteiger partial charge in [-0.1, -0.05) is 18.2 Å². The van der Waals surface area contributed by atoms with Gasteiger partial charge in [0.1, 0.15) is 5.75 Å². The summed E-state index contributed by atoms with van der Waals surface area (Å²) in [5, 5.41) is 18.0. The van der Waals surface area contributed by atoms with Crippen molar-refractivity contribution in [2.24, 2.45) is 5.41 Å². The highest BCUT2D eigenvalue weighted by Crippen LogP contribution is 2.36. The third kappa shape index (κ3) is 5.78. The molecule has 8 heteroatoms. The number of piperidine rings is 1. The van der Waals surface area contributed by atoms with Gasteiger partial charge in [-0.25, -0.2) is 4.98 Å². The molecule has 0 saturated carbocycles. The molecular formula is C29H36N6O2. The molecule has 0 bridgehead atoms. The normalized spacial score (nSPS) is 18.3. The van der Waals surface area contributed by atoms with Crippen molar-refractivity contribution < 1.29 is 9.53 Å². The number of benzene rings is 2. The summed E-state index contributed by atoms with van der Waals surface area (Å²) in [5.41, 5.74) is 8.56. The van der Waals surface area contributed by atoms with Gasteiger partial charge < -0.3 is 26.0 Å². The molecular weight excluding hydrogens is 464 g/mol. The fourth-order valence-electron chi connectivity index (χ4n) is 4.65. The van der Waals surface area contributed by atoms with Gasteiger partial charge in [-0.2, -0.15) is 5.26 Å². The molecule has 2 atom stereocenters. The highest BCUT2D eigenvalue weighted by atomic mass is 16.5. The highest BCUT2D eigenvalue weighted by Gasteiger charge is 2.25. The lowest BCUT2D eigenvalue weighted by atomic mass is 9.95. The number of carbonyl (C=O) groups excluding carboxylic acids is 1. The predicted octanol–water partition coefficient (Wildman–Crippen LogP) is 4.67. The number of anilines is 2. The van der Waals surface area contributed by atoms with Crippen LogP contribution in [0, 0.1) is 16.7 Å². The first kappa shape index (κ1) is 26.2. The largest absolute Gasteiger partial charge is 0.495 e. The lowest BCUT2D eigenvalue weighted by molar-refractivity contribution is 0.0892. The zero-order valence-electron chi connectivity index (χ0n) is 22.3. The Morgan fingerprint density at radius 3 is 2.73 bits per heavy atom. The van der Waals surface area contributed by atoms with Crippen molar-refractivity contribution in [2.45, 2.75) is 45.7 Å². The summed E-state index contributed by atoms with van der Waals surface area (Å²) >= 11 is 0. The second kappa shape index (κ2) is 10.7. The van der Waals surface area contributed by atoms with Gasteiger partial charge >= 0.3 is 0 Å². The van der Waals surface area contributed by atoms with Crippen molar-refractivity contribution in [3.8, 4) is 23.1 Å². The number of nitrogens with two attached hydrogens (primary N) is 1. The molecule has 0 unspecified atom stereocenters. The third-order valence-electron chi connectivity index (χ3n) is 7.19. The smallest absolute Gasteiger partial charge is 0.272 e. The van der Waals surface area contributed by atoms with Crippen molar-refractivity contribution in [3.05, 3.63) is 48.2 Å². The summed E-state index contributed by atoms with van der Waals surface area (Å²) in [6.45, 7) is 7.35. The number of likely N-dealkylation sites (tertiary alicyclic amines) is 1. The Hall–Kier alpha value is -3.83. The van der Waals surface area contributed by atoms with E-state index in [2.05, 4.69) is 40.6 Å². The van der Waals surface area contributed by atoms with Gasteiger partial charge in [0, 0.05) is 36.1 Å². The number of nitrogen functional groups attached to an aromatic ring is 1. The molecule has 0 spiro atoms. The average molecular weight is 501 g/mol. The van der Waals surface area contributed by atoms with E-state index in [1.807, 2.05) is 50.2 Å². The average Bonchev–Trinajstić information content (AvgIpc) is 2.89. The Kier molecular flexibility index (Phi) is 7.55. The third-order valence-corrected chi connectivity index (χ3v) is 7.19. The van der Waals surface area contributed by atoms with E-state index in [1.165, 1.54) is 0 Å². The fourth-order valence-corrected chi connectivity index (χ4v) is 4.65. The van der Waals surface area contributed by atoms with E-state index < -0.39 is 5.41 Å². The van der Waals surface area contributed by atoms with Crippen LogP contribution in [0.4, 0.5) is 11.4 Å². The first-order valence-electron chi connectivity index (χ1n) is 12.7. The van der Waals surface area contributed by atoms with E-state index in [1.54, 1.807) is 13.2 Å². The minimum absolute atomic E-state index is 0.1000. The molecule has 1 aliphatic rings. The van der Waals surface area contributed by atoms with Crippen molar-refractivity contribution in [1.82, 2.24) is 15.2 Å². The van der Waals surface area contributed by atoms with E-state index >= 15 is 0 Å². The molecule has 0 aliphatic carbocycles. The van der Waals surface area contributed by atoms with Crippen LogP contribution in [0.5, 0.6) is 5.75 Å². The SMILES string of the molecule is COc1ccc2ccc(-c3ccc(N)c(C(=O)N[C@@H]4CCN(C)[C@@H](C)C4)n3)cc2c1NCC(C)(C)C#N. The van der Waals surface area contributed by atoms with Crippen LogP contribution in [0.25, 0.3) is 22.0 Å². The number of amides is 1. The van der Waals surface area contributed by atoms with Gasteiger partial charge in [-0.3, -0.25) is 4.79 Å². The van der Waals surface area contributed by atoms with Crippen LogP contribution >= 0.6 is 0 Å². The van der Waals surface area contributed by atoms with E-state index in [0.717, 1.165) is 41.4 Å². The van der Waals surface area contributed by atoms with Crippen LogP contribution in [-0.4, -0.2) is 55.1 Å². The first-order valence-corrected chi connectivity index (χ1v) is 12.7. The van der Waals surface area contributed by atoms with Crippen molar-refractivity contribution in [3.63, 3.8) is 0 Å². The number of ether oxygens (including phenoxy) is 1. The van der Waals surface area contributed by atoms with Crippen LogP contribution in [0.15, 0.2) is 42.5 Å². The fraction of sp³-hybridized carbons (Fsp3) is 0.414. The van der Waals surface area contributed by atoms with Gasteiger partial charge in [-0.05, 0) is 70.3 Å². The summed E-state index contributed by atoms with van der Waals surface area (Å²) in [5.74, 6) is 0.445. The Balaban J connectivity index is 1.66.